The first kappa shape index (κ1) is 12.9. The molecule has 1 saturated heterocycles. The fraction of sp³-hybridized carbons (Fsp3) is 0.571. The molecule has 0 amide bonds. The summed E-state index contributed by atoms with van der Waals surface area (Å²) in [5, 5.41) is 4.26. The summed E-state index contributed by atoms with van der Waals surface area (Å²) in [5.74, 6) is 0. The molecule has 0 aliphatic carbocycles. The number of hydrogen-bond donors (Lipinski definition) is 1. The number of hydrogen-bond acceptors (Lipinski definition) is 2. The summed E-state index contributed by atoms with van der Waals surface area (Å²) >= 11 is 6.30. The Morgan fingerprint density at radius 2 is 2.12 bits per heavy atom. The van der Waals surface area contributed by atoms with Gasteiger partial charge in [-0.1, -0.05) is 29.8 Å². The van der Waals surface area contributed by atoms with Crippen molar-refractivity contribution in [2.45, 2.75) is 25.2 Å². The first-order valence-corrected chi connectivity index (χ1v) is 6.70. The third kappa shape index (κ3) is 2.82. The maximum absolute atomic E-state index is 6.30. The van der Waals surface area contributed by atoms with Gasteiger partial charge in [-0.15, -0.1) is 0 Å². The summed E-state index contributed by atoms with van der Waals surface area (Å²) in [7, 11) is 0. The van der Waals surface area contributed by atoms with Crippen molar-refractivity contribution in [1.82, 2.24) is 5.32 Å². The van der Waals surface area contributed by atoms with Gasteiger partial charge in [-0.25, -0.2) is 0 Å². The Bertz CT molecular complexity index is 363. The van der Waals surface area contributed by atoms with Gasteiger partial charge in [-0.3, -0.25) is 0 Å². The van der Waals surface area contributed by atoms with E-state index in [1.807, 2.05) is 19.1 Å². The number of rotatable bonds is 6. The molecule has 1 aromatic carbocycles. The summed E-state index contributed by atoms with van der Waals surface area (Å²) in [6.45, 7) is 5.75. The zero-order valence-electron chi connectivity index (χ0n) is 10.3. The molecule has 2 nitrogen and oxygen atoms in total. The maximum Gasteiger partial charge on any atom is 0.0466 e. The van der Waals surface area contributed by atoms with Crippen LogP contribution in [0.5, 0.6) is 0 Å². The second kappa shape index (κ2) is 5.85. The number of ether oxygens (including phenoxy) is 1. The smallest absolute Gasteiger partial charge is 0.0466 e. The van der Waals surface area contributed by atoms with Gasteiger partial charge >= 0.3 is 0 Å². The van der Waals surface area contributed by atoms with Crippen molar-refractivity contribution in [2.24, 2.45) is 0 Å². The molecule has 94 valence electrons. The molecule has 3 heteroatoms. The molecule has 1 fully saturated rings. The van der Waals surface area contributed by atoms with E-state index in [2.05, 4.69) is 17.4 Å². The van der Waals surface area contributed by atoms with Gasteiger partial charge in [-0.2, -0.15) is 0 Å². The van der Waals surface area contributed by atoms with Crippen LogP contribution in [0, 0.1) is 0 Å². The number of nitrogens with one attached hydrogen (secondary N) is 1. The van der Waals surface area contributed by atoms with Crippen molar-refractivity contribution >= 4 is 11.6 Å². The van der Waals surface area contributed by atoms with Crippen LogP contribution >= 0.6 is 11.6 Å². The molecular formula is C14H20ClNO. The largest absolute Gasteiger partial charge is 0.382 e. The van der Waals surface area contributed by atoms with Crippen molar-refractivity contribution < 1.29 is 4.74 Å². The van der Waals surface area contributed by atoms with Gasteiger partial charge in [-0.05, 0) is 31.4 Å². The summed E-state index contributed by atoms with van der Waals surface area (Å²) in [4.78, 5) is 0. The van der Waals surface area contributed by atoms with Crippen LogP contribution in [-0.2, 0) is 10.2 Å². The predicted molar refractivity (Wildman–Crippen MR) is 71.7 cm³/mol. The second-order valence-corrected chi connectivity index (χ2v) is 5.07. The summed E-state index contributed by atoms with van der Waals surface area (Å²) in [6, 6.07) is 8.21. The van der Waals surface area contributed by atoms with E-state index in [1.165, 1.54) is 5.56 Å². The second-order valence-electron chi connectivity index (χ2n) is 4.66. The Morgan fingerprint density at radius 3 is 2.71 bits per heavy atom. The van der Waals surface area contributed by atoms with Crippen LogP contribution in [0.4, 0.5) is 0 Å². The molecular weight excluding hydrogens is 234 g/mol. The Labute approximate surface area is 108 Å². The third-order valence-corrected chi connectivity index (χ3v) is 3.85. The highest BCUT2D eigenvalue weighted by atomic mass is 35.5. The fourth-order valence-electron chi connectivity index (χ4n) is 2.48. The summed E-state index contributed by atoms with van der Waals surface area (Å²) in [6.07, 6.45) is 2.24. The van der Waals surface area contributed by atoms with E-state index in [0.29, 0.717) is 0 Å². The van der Waals surface area contributed by atoms with Crippen molar-refractivity contribution in [3.8, 4) is 0 Å². The van der Waals surface area contributed by atoms with Gasteiger partial charge in [0, 0.05) is 36.7 Å². The number of benzene rings is 1. The maximum atomic E-state index is 6.30. The highest BCUT2D eigenvalue weighted by Gasteiger charge is 2.39. The lowest BCUT2D eigenvalue weighted by atomic mass is 9.72. The Morgan fingerprint density at radius 1 is 1.35 bits per heavy atom. The van der Waals surface area contributed by atoms with Crippen LogP contribution < -0.4 is 5.32 Å². The third-order valence-electron chi connectivity index (χ3n) is 3.52. The van der Waals surface area contributed by atoms with Crippen molar-refractivity contribution in [3.05, 3.63) is 34.9 Å². The van der Waals surface area contributed by atoms with Gasteiger partial charge in [0.05, 0.1) is 0 Å². The lowest BCUT2D eigenvalue weighted by Crippen LogP contribution is -2.57. The molecule has 0 spiro atoms. The molecule has 2 rings (SSSR count). The van der Waals surface area contributed by atoms with E-state index in [1.54, 1.807) is 0 Å². The minimum atomic E-state index is 0.232. The zero-order valence-corrected chi connectivity index (χ0v) is 11.1. The van der Waals surface area contributed by atoms with Gasteiger partial charge in [0.15, 0.2) is 0 Å². The summed E-state index contributed by atoms with van der Waals surface area (Å²) in [5.41, 5.74) is 1.52. The van der Waals surface area contributed by atoms with E-state index < -0.39 is 0 Å². The minimum Gasteiger partial charge on any atom is -0.382 e. The standard InChI is InChI=1S/C14H20ClNO/c1-2-17-9-5-8-14(10-16-11-14)12-6-3-4-7-13(12)15/h3-4,6-7,16H,2,5,8-11H2,1H3. The Balaban J connectivity index is 2.02. The van der Waals surface area contributed by atoms with Crippen molar-refractivity contribution in [1.29, 1.82) is 0 Å². The predicted octanol–water partition coefficient (Wildman–Crippen LogP) is 3.00. The first-order valence-electron chi connectivity index (χ1n) is 6.32. The Kier molecular flexibility index (Phi) is 4.43. The highest BCUT2D eigenvalue weighted by Crippen LogP contribution is 2.37. The van der Waals surface area contributed by atoms with Gasteiger partial charge in [0.25, 0.3) is 0 Å². The summed E-state index contributed by atoms with van der Waals surface area (Å²) < 4.78 is 5.41. The molecule has 17 heavy (non-hydrogen) atoms. The molecule has 0 aromatic heterocycles. The minimum absolute atomic E-state index is 0.232. The highest BCUT2D eigenvalue weighted by molar-refractivity contribution is 6.31. The van der Waals surface area contributed by atoms with Crippen LogP contribution in [0.3, 0.4) is 0 Å². The van der Waals surface area contributed by atoms with Crippen molar-refractivity contribution in [3.63, 3.8) is 0 Å². The number of halogens is 1. The van der Waals surface area contributed by atoms with E-state index in [0.717, 1.165) is 44.2 Å². The molecule has 1 aromatic rings. The average Bonchev–Trinajstić information content (AvgIpc) is 2.29. The van der Waals surface area contributed by atoms with E-state index in [-0.39, 0.29) is 5.41 Å². The van der Waals surface area contributed by atoms with Crippen LogP contribution in [0.25, 0.3) is 0 Å². The average molecular weight is 254 g/mol. The molecule has 0 bridgehead atoms. The zero-order chi connectivity index (χ0) is 12.1. The Hall–Kier alpha value is -0.570. The van der Waals surface area contributed by atoms with E-state index in [4.69, 9.17) is 16.3 Å². The van der Waals surface area contributed by atoms with Crippen LogP contribution in [0.15, 0.2) is 24.3 Å². The molecule has 0 atom stereocenters. The molecule has 0 radical (unpaired) electrons. The van der Waals surface area contributed by atoms with Gasteiger partial charge < -0.3 is 10.1 Å². The molecule has 0 saturated carbocycles. The van der Waals surface area contributed by atoms with Crippen molar-refractivity contribution in [2.75, 3.05) is 26.3 Å². The van der Waals surface area contributed by atoms with Crippen LogP contribution in [0.1, 0.15) is 25.3 Å². The lowest BCUT2D eigenvalue weighted by Gasteiger charge is -2.44. The quantitative estimate of drug-likeness (QED) is 0.787. The SMILES string of the molecule is CCOCCCC1(c2ccccc2Cl)CNC1. The molecule has 1 heterocycles. The monoisotopic (exact) mass is 253 g/mol. The normalized spacial score (nSPS) is 17.8. The molecule has 1 aliphatic rings. The van der Waals surface area contributed by atoms with Gasteiger partial charge in [0.1, 0.15) is 0 Å². The molecule has 1 aliphatic heterocycles. The van der Waals surface area contributed by atoms with Crippen LogP contribution in [-0.4, -0.2) is 26.3 Å². The fourth-order valence-corrected chi connectivity index (χ4v) is 2.81. The molecule has 0 unspecified atom stereocenters. The topological polar surface area (TPSA) is 21.3 Å². The molecule has 1 N–H and O–H groups in total. The first-order chi connectivity index (χ1) is 8.28. The van der Waals surface area contributed by atoms with Gasteiger partial charge in [0.2, 0.25) is 0 Å². The van der Waals surface area contributed by atoms with E-state index >= 15 is 0 Å². The lowest BCUT2D eigenvalue weighted by molar-refractivity contribution is 0.129. The van der Waals surface area contributed by atoms with Crippen LogP contribution in [0.2, 0.25) is 5.02 Å². The van der Waals surface area contributed by atoms with E-state index in [9.17, 15) is 0 Å².